The number of carbonyl (C=O) groups is 1. The number of H-pyrrole nitrogens is 1. The quantitative estimate of drug-likeness (QED) is 0.657. The Balaban J connectivity index is 1.91. The van der Waals surface area contributed by atoms with Crippen LogP contribution in [0.1, 0.15) is 43.7 Å². The van der Waals surface area contributed by atoms with Gasteiger partial charge in [-0.05, 0) is 35.7 Å². The summed E-state index contributed by atoms with van der Waals surface area (Å²) in [5.74, 6) is 0.0251. The van der Waals surface area contributed by atoms with Crippen molar-refractivity contribution in [2.45, 2.75) is 32.6 Å². The minimum Gasteiger partial charge on any atom is -0.465 e. The molecule has 0 bridgehead atoms. The van der Waals surface area contributed by atoms with Crippen LogP contribution in [0.5, 0.6) is 0 Å². The van der Waals surface area contributed by atoms with E-state index in [2.05, 4.69) is 34.6 Å². The maximum Gasteiger partial charge on any atom is 0.315 e. The van der Waals surface area contributed by atoms with Gasteiger partial charge in [-0.3, -0.25) is 9.89 Å². The highest BCUT2D eigenvalue weighted by atomic mass is 32.1. The number of aliphatic imine (C=N–C) groups is 1. The van der Waals surface area contributed by atoms with Crippen molar-refractivity contribution in [2.24, 2.45) is 10.9 Å². The molecule has 0 spiro atoms. The number of nitrogens with one attached hydrogen (secondary N) is 1. The molecule has 1 aromatic carbocycles. The average molecular weight is 367 g/mol. The smallest absolute Gasteiger partial charge is 0.315 e. The lowest BCUT2D eigenvalue weighted by Crippen LogP contribution is -2.34. The van der Waals surface area contributed by atoms with Crippen molar-refractivity contribution in [2.75, 3.05) is 6.61 Å². The van der Waals surface area contributed by atoms with E-state index in [0.29, 0.717) is 6.61 Å². The highest BCUT2D eigenvalue weighted by molar-refractivity contribution is 7.17. The van der Waals surface area contributed by atoms with Gasteiger partial charge in [0.15, 0.2) is 5.82 Å². The van der Waals surface area contributed by atoms with Crippen LogP contribution in [0.25, 0.3) is 10.1 Å². The molecule has 0 saturated heterocycles. The van der Waals surface area contributed by atoms with Gasteiger partial charge in [0.1, 0.15) is 5.92 Å². The average Bonchev–Trinajstić information content (AvgIpc) is 3.27. The van der Waals surface area contributed by atoms with Crippen LogP contribution in [0.4, 0.5) is 5.82 Å². The molecule has 2 atom stereocenters. The van der Waals surface area contributed by atoms with Gasteiger partial charge >= 0.3 is 5.97 Å². The standard InChI is InChI=1S/C20H21N3O2S/c1-3-7-15-18(20(24)25-4-2)17(13-10-21-23-19(13)22-15)14-11-26-16-9-6-5-8-12(14)16/h5-6,8-11,17-18H,3-4,7H2,1-2H3,(H,21,23). The van der Waals surface area contributed by atoms with Crippen molar-refractivity contribution in [3.8, 4) is 0 Å². The van der Waals surface area contributed by atoms with Crippen LogP contribution in [-0.4, -0.2) is 28.5 Å². The van der Waals surface area contributed by atoms with Crippen LogP contribution in [0.3, 0.4) is 0 Å². The monoisotopic (exact) mass is 367 g/mol. The molecule has 26 heavy (non-hydrogen) atoms. The molecule has 4 rings (SSSR count). The van der Waals surface area contributed by atoms with E-state index in [1.54, 1.807) is 17.5 Å². The topological polar surface area (TPSA) is 67.3 Å². The minimum atomic E-state index is -0.405. The maximum absolute atomic E-state index is 12.9. The summed E-state index contributed by atoms with van der Waals surface area (Å²) in [6.45, 7) is 4.31. The molecule has 1 aliphatic rings. The van der Waals surface area contributed by atoms with Crippen molar-refractivity contribution in [3.05, 3.63) is 47.0 Å². The molecule has 0 saturated carbocycles. The number of aromatic nitrogens is 2. The minimum absolute atomic E-state index is 0.127. The molecule has 0 amide bonds. The lowest BCUT2D eigenvalue weighted by atomic mass is 9.76. The number of hydrogen-bond acceptors (Lipinski definition) is 5. The fourth-order valence-electron chi connectivity index (χ4n) is 3.75. The Bertz CT molecular complexity index is 972. The number of ether oxygens (including phenoxy) is 1. The third-order valence-electron chi connectivity index (χ3n) is 4.82. The van der Waals surface area contributed by atoms with Gasteiger partial charge < -0.3 is 4.74 Å². The molecule has 0 aliphatic carbocycles. The highest BCUT2D eigenvalue weighted by Crippen LogP contribution is 2.46. The van der Waals surface area contributed by atoms with Gasteiger partial charge in [-0.1, -0.05) is 31.5 Å². The van der Waals surface area contributed by atoms with E-state index in [1.807, 2.05) is 19.1 Å². The largest absolute Gasteiger partial charge is 0.465 e. The summed E-state index contributed by atoms with van der Waals surface area (Å²) in [6, 6.07) is 8.31. The second-order valence-electron chi connectivity index (χ2n) is 6.42. The number of nitrogens with zero attached hydrogens (tertiary/aromatic N) is 2. The van der Waals surface area contributed by atoms with Crippen molar-refractivity contribution in [1.29, 1.82) is 0 Å². The Kier molecular flexibility index (Phi) is 4.59. The van der Waals surface area contributed by atoms with Gasteiger partial charge in [0.2, 0.25) is 0 Å². The first-order valence-electron chi connectivity index (χ1n) is 8.98. The molecule has 5 nitrogen and oxygen atoms in total. The van der Waals surface area contributed by atoms with Crippen LogP contribution in [0, 0.1) is 5.92 Å². The fraction of sp³-hybridized carbons (Fsp3) is 0.350. The van der Waals surface area contributed by atoms with Crippen molar-refractivity contribution < 1.29 is 9.53 Å². The predicted molar refractivity (Wildman–Crippen MR) is 104 cm³/mol. The van der Waals surface area contributed by atoms with Gasteiger partial charge in [0, 0.05) is 21.9 Å². The summed E-state index contributed by atoms with van der Waals surface area (Å²) in [5, 5.41) is 10.5. The number of thiophene rings is 1. The van der Waals surface area contributed by atoms with Crippen LogP contribution in [0.2, 0.25) is 0 Å². The highest BCUT2D eigenvalue weighted by Gasteiger charge is 2.41. The zero-order chi connectivity index (χ0) is 18.1. The lowest BCUT2D eigenvalue weighted by Gasteiger charge is -2.30. The Morgan fingerprint density at radius 1 is 1.27 bits per heavy atom. The molecule has 1 aliphatic heterocycles. The summed E-state index contributed by atoms with van der Waals surface area (Å²) in [4.78, 5) is 17.6. The first-order chi connectivity index (χ1) is 12.7. The Morgan fingerprint density at radius 3 is 2.92 bits per heavy atom. The summed E-state index contributed by atoms with van der Waals surface area (Å²) >= 11 is 1.70. The summed E-state index contributed by atoms with van der Waals surface area (Å²) in [7, 11) is 0. The number of fused-ring (bicyclic) bond motifs is 2. The third-order valence-corrected chi connectivity index (χ3v) is 5.80. The van der Waals surface area contributed by atoms with E-state index in [1.165, 1.54) is 10.1 Å². The van der Waals surface area contributed by atoms with Gasteiger partial charge in [0.05, 0.1) is 12.8 Å². The SMILES string of the molecule is CCCC1=Nc2[nH]ncc2C(c2csc3ccccc23)C1C(=O)OCC. The predicted octanol–water partition coefficient (Wildman–Crippen LogP) is 4.82. The Labute approximate surface area is 156 Å². The van der Waals surface area contributed by atoms with Gasteiger partial charge in [-0.25, -0.2) is 4.99 Å². The van der Waals surface area contributed by atoms with Gasteiger partial charge in [-0.2, -0.15) is 5.10 Å². The lowest BCUT2D eigenvalue weighted by molar-refractivity contribution is -0.146. The molecule has 2 unspecified atom stereocenters. The summed E-state index contributed by atoms with van der Waals surface area (Å²) in [5.41, 5.74) is 2.99. The number of esters is 1. The molecule has 6 heteroatoms. The second kappa shape index (κ2) is 7.03. The van der Waals surface area contributed by atoms with E-state index < -0.39 is 5.92 Å². The Hall–Kier alpha value is -2.47. The first kappa shape index (κ1) is 17.0. The van der Waals surface area contributed by atoms with Gasteiger partial charge in [0.25, 0.3) is 0 Å². The fourth-order valence-corrected chi connectivity index (χ4v) is 4.75. The van der Waals surface area contributed by atoms with E-state index in [-0.39, 0.29) is 11.9 Å². The van der Waals surface area contributed by atoms with E-state index >= 15 is 0 Å². The number of benzene rings is 1. The molecular formula is C20H21N3O2S. The first-order valence-corrected chi connectivity index (χ1v) is 9.86. The van der Waals surface area contributed by atoms with Crippen LogP contribution in [-0.2, 0) is 9.53 Å². The summed E-state index contributed by atoms with van der Waals surface area (Å²) in [6.07, 6.45) is 3.49. The van der Waals surface area contributed by atoms with E-state index in [9.17, 15) is 4.79 Å². The number of rotatable bonds is 5. The number of aromatic amines is 1. The molecule has 1 N–H and O–H groups in total. The summed E-state index contributed by atoms with van der Waals surface area (Å²) < 4.78 is 6.66. The zero-order valence-corrected chi connectivity index (χ0v) is 15.7. The van der Waals surface area contributed by atoms with Crippen LogP contribution in [0.15, 0.2) is 40.8 Å². The molecule has 134 valence electrons. The van der Waals surface area contributed by atoms with E-state index in [0.717, 1.165) is 35.5 Å². The molecule has 3 heterocycles. The normalized spacial score (nSPS) is 19.2. The molecule has 0 fully saturated rings. The van der Waals surface area contributed by atoms with Crippen LogP contribution < -0.4 is 0 Å². The van der Waals surface area contributed by atoms with Crippen molar-refractivity contribution in [3.63, 3.8) is 0 Å². The molecule has 3 aromatic rings. The Morgan fingerprint density at radius 2 is 2.12 bits per heavy atom. The van der Waals surface area contributed by atoms with E-state index in [4.69, 9.17) is 9.73 Å². The molecule has 0 radical (unpaired) electrons. The van der Waals surface area contributed by atoms with Gasteiger partial charge in [-0.15, -0.1) is 11.3 Å². The molecule has 2 aromatic heterocycles. The zero-order valence-electron chi connectivity index (χ0n) is 14.9. The van der Waals surface area contributed by atoms with Crippen molar-refractivity contribution in [1.82, 2.24) is 10.2 Å². The third kappa shape index (κ3) is 2.74. The maximum atomic E-state index is 12.9. The van der Waals surface area contributed by atoms with Crippen LogP contribution >= 0.6 is 11.3 Å². The number of carbonyl (C=O) groups excluding carboxylic acids is 1. The number of hydrogen-bond donors (Lipinski definition) is 1. The van der Waals surface area contributed by atoms with Crippen molar-refractivity contribution >= 4 is 38.9 Å². The second-order valence-corrected chi connectivity index (χ2v) is 7.33. The molecular weight excluding hydrogens is 346 g/mol.